The number of rotatable bonds is 8. The van der Waals surface area contributed by atoms with Crippen LogP contribution in [0.4, 0.5) is 0 Å². The average molecular weight is 278 g/mol. The zero-order valence-electron chi connectivity index (χ0n) is 11.3. The normalized spacial score (nSPS) is 18.4. The van der Waals surface area contributed by atoms with Crippen LogP contribution >= 0.6 is 0 Å². The summed E-state index contributed by atoms with van der Waals surface area (Å²) in [6, 6.07) is 0.162. The lowest BCUT2D eigenvalue weighted by atomic mass is 9.95. The van der Waals surface area contributed by atoms with Crippen LogP contribution in [0.25, 0.3) is 0 Å². The average Bonchev–Trinajstić information content (AvgIpc) is 2.37. The maximum Gasteiger partial charge on any atom is 0.214 e. The molecule has 108 valence electrons. The van der Waals surface area contributed by atoms with Crippen LogP contribution in [-0.2, 0) is 14.8 Å². The smallest absolute Gasteiger partial charge is 0.214 e. The molecule has 0 amide bonds. The first-order valence-electron chi connectivity index (χ1n) is 6.80. The van der Waals surface area contributed by atoms with Gasteiger partial charge in [-0.15, -0.1) is 0 Å². The highest BCUT2D eigenvalue weighted by molar-refractivity contribution is 7.89. The summed E-state index contributed by atoms with van der Waals surface area (Å²) < 4.78 is 31.2. The lowest BCUT2D eigenvalue weighted by Crippen LogP contribution is -2.45. The number of hydrogen-bond donors (Lipinski definition) is 1. The Morgan fingerprint density at radius 1 is 1.28 bits per heavy atom. The van der Waals surface area contributed by atoms with Crippen LogP contribution in [0.2, 0.25) is 0 Å². The zero-order chi connectivity index (χ0) is 13.4. The molecule has 0 aromatic carbocycles. The maximum atomic E-state index is 12.3. The van der Waals surface area contributed by atoms with Crippen molar-refractivity contribution in [2.24, 2.45) is 5.73 Å². The minimum atomic E-state index is -3.18. The monoisotopic (exact) mass is 278 g/mol. The van der Waals surface area contributed by atoms with Crippen molar-refractivity contribution in [1.82, 2.24) is 4.31 Å². The Bertz CT molecular complexity index is 313. The van der Waals surface area contributed by atoms with Gasteiger partial charge in [-0.05, 0) is 19.3 Å². The first kappa shape index (κ1) is 15.9. The van der Waals surface area contributed by atoms with Gasteiger partial charge in [-0.25, -0.2) is 8.42 Å². The molecule has 0 unspecified atom stereocenters. The molecule has 0 aromatic heterocycles. The van der Waals surface area contributed by atoms with E-state index in [0.717, 1.165) is 25.7 Å². The quantitative estimate of drug-likeness (QED) is 0.671. The summed E-state index contributed by atoms with van der Waals surface area (Å²) in [6.45, 7) is 1.32. The lowest BCUT2D eigenvalue weighted by molar-refractivity contribution is 0.198. The van der Waals surface area contributed by atoms with Gasteiger partial charge in [0, 0.05) is 32.8 Å². The summed E-state index contributed by atoms with van der Waals surface area (Å²) in [4.78, 5) is 0. The molecule has 5 nitrogen and oxygen atoms in total. The first-order valence-corrected chi connectivity index (χ1v) is 8.41. The fraction of sp³-hybridized carbons (Fsp3) is 1.00. The molecule has 0 radical (unpaired) electrons. The van der Waals surface area contributed by atoms with Crippen LogP contribution in [-0.4, -0.2) is 51.3 Å². The predicted octanol–water partition coefficient (Wildman–Crippen LogP) is 0.946. The molecule has 1 rings (SSSR count). The highest BCUT2D eigenvalue weighted by Crippen LogP contribution is 2.24. The van der Waals surface area contributed by atoms with E-state index in [9.17, 15) is 8.42 Å². The summed E-state index contributed by atoms with van der Waals surface area (Å²) in [5, 5.41) is 0. The van der Waals surface area contributed by atoms with Gasteiger partial charge in [0.15, 0.2) is 0 Å². The van der Waals surface area contributed by atoms with Crippen LogP contribution < -0.4 is 5.73 Å². The van der Waals surface area contributed by atoms with E-state index in [1.54, 1.807) is 11.4 Å². The molecule has 1 aliphatic rings. The van der Waals surface area contributed by atoms with Gasteiger partial charge >= 0.3 is 0 Å². The Labute approximate surface area is 111 Å². The first-order chi connectivity index (χ1) is 8.61. The number of sulfonamides is 1. The Balaban J connectivity index is 2.63. The second kappa shape index (κ2) is 8.09. The molecule has 0 heterocycles. The van der Waals surface area contributed by atoms with E-state index in [1.807, 2.05) is 0 Å². The summed E-state index contributed by atoms with van der Waals surface area (Å²) in [5.74, 6) is 0.164. The van der Waals surface area contributed by atoms with E-state index >= 15 is 0 Å². The van der Waals surface area contributed by atoms with E-state index < -0.39 is 10.0 Å². The van der Waals surface area contributed by atoms with Crippen molar-refractivity contribution in [3.05, 3.63) is 0 Å². The molecule has 0 saturated heterocycles. The van der Waals surface area contributed by atoms with Crippen molar-refractivity contribution in [3.8, 4) is 0 Å². The van der Waals surface area contributed by atoms with Crippen molar-refractivity contribution in [2.75, 3.05) is 32.6 Å². The highest BCUT2D eigenvalue weighted by Gasteiger charge is 2.29. The predicted molar refractivity (Wildman–Crippen MR) is 72.9 cm³/mol. The molecule has 0 atom stereocenters. The van der Waals surface area contributed by atoms with Crippen molar-refractivity contribution < 1.29 is 13.2 Å². The third-order valence-corrected chi connectivity index (χ3v) is 5.44. The molecule has 1 fully saturated rings. The van der Waals surface area contributed by atoms with Gasteiger partial charge in [-0.3, -0.25) is 0 Å². The van der Waals surface area contributed by atoms with Gasteiger partial charge in [0.05, 0.1) is 5.75 Å². The van der Waals surface area contributed by atoms with E-state index in [4.69, 9.17) is 10.5 Å². The molecule has 0 bridgehead atoms. The van der Waals surface area contributed by atoms with Crippen LogP contribution in [0.15, 0.2) is 0 Å². The molecule has 0 aliphatic heterocycles. The second-order valence-electron chi connectivity index (χ2n) is 4.85. The molecule has 0 spiro atoms. The molecule has 1 saturated carbocycles. The lowest BCUT2D eigenvalue weighted by Gasteiger charge is -2.33. The van der Waals surface area contributed by atoms with Crippen LogP contribution in [0.3, 0.4) is 0 Å². The van der Waals surface area contributed by atoms with E-state index in [0.29, 0.717) is 26.1 Å². The Morgan fingerprint density at radius 2 is 1.94 bits per heavy atom. The summed E-state index contributed by atoms with van der Waals surface area (Å²) in [7, 11) is -1.59. The van der Waals surface area contributed by atoms with Crippen molar-refractivity contribution in [3.63, 3.8) is 0 Å². The highest BCUT2D eigenvalue weighted by atomic mass is 32.2. The molecule has 0 aromatic rings. The number of nitrogens with two attached hydrogens (primary N) is 1. The van der Waals surface area contributed by atoms with Crippen LogP contribution in [0.1, 0.15) is 38.5 Å². The standard InChI is InChI=1S/C12H26N2O3S/c1-17-10-5-11-18(15,16)14(9-8-13)12-6-3-2-4-7-12/h12H,2-11,13H2,1H3. The number of nitrogens with zero attached hydrogens (tertiary/aromatic N) is 1. The third-order valence-electron chi connectivity index (χ3n) is 3.44. The minimum Gasteiger partial charge on any atom is -0.385 e. The fourth-order valence-electron chi connectivity index (χ4n) is 2.55. The third kappa shape index (κ3) is 4.84. The molecular formula is C12H26N2O3S. The molecule has 18 heavy (non-hydrogen) atoms. The number of ether oxygens (including phenoxy) is 1. The largest absolute Gasteiger partial charge is 0.385 e. The van der Waals surface area contributed by atoms with E-state index in [1.165, 1.54) is 6.42 Å². The van der Waals surface area contributed by atoms with Crippen molar-refractivity contribution in [1.29, 1.82) is 0 Å². The molecule has 2 N–H and O–H groups in total. The topological polar surface area (TPSA) is 72.6 Å². The number of hydrogen-bond acceptors (Lipinski definition) is 4. The molecule has 1 aliphatic carbocycles. The van der Waals surface area contributed by atoms with Gasteiger partial charge < -0.3 is 10.5 Å². The molecular weight excluding hydrogens is 252 g/mol. The van der Waals surface area contributed by atoms with Crippen molar-refractivity contribution in [2.45, 2.75) is 44.6 Å². The molecule has 6 heteroatoms. The SMILES string of the molecule is COCCCS(=O)(=O)N(CCN)C1CCCCC1. The van der Waals surface area contributed by atoms with Gasteiger partial charge in [0.25, 0.3) is 0 Å². The zero-order valence-corrected chi connectivity index (χ0v) is 12.1. The van der Waals surface area contributed by atoms with Gasteiger partial charge in [0.2, 0.25) is 10.0 Å². The maximum absolute atomic E-state index is 12.3. The van der Waals surface area contributed by atoms with E-state index in [2.05, 4.69) is 0 Å². The summed E-state index contributed by atoms with van der Waals surface area (Å²) in [5.41, 5.74) is 5.56. The Kier molecular flexibility index (Phi) is 7.14. The summed E-state index contributed by atoms with van der Waals surface area (Å²) >= 11 is 0. The van der Waals surface area contributed by atoms with Crippen molar-refractivity contribution >= 4 is 10.0 Å². The second-order valence-corrected chi connectivity index (χ2v) is 6.89. The Morgan fingerprint density at radius 3 is 2.50 bits per heavy atom. The summed E-state index contributed by atoms with van der Waals surface area (Å²) in [6.07, 6.45) is 5.97. The number of methoxy groups -OCH3 is 1. The van der Waals surface area contributed by atoms with Gasteiger partial charge in [-0.2, -0.15) is 4.31 Å². The van der Waals surface area contributed by atoms with Gasteiger partial charge in [-0.1, -0.05) is 19.3 Å². The van der Waals surface area contributed by atoms with E-state index in [-0.39, 0.29) is 11.8 Å². The fourth-order valence-corrected chi connectivity index (χ4v) is 4.31. The van der Waals surface area contributed by atoms with Crippen LogP contribution in [0, 0.1) is 0 Å². The van der Waals surface area contributed by atoms with Crippen LogP contribution in [0.5, 0.6) is 0 Å². The Hall–Kier alpha value is -0.170. The minimum absolute atomic E-state index is 0.162. The van der Waals surface area contributed by atoms with Gasteiger partial charge in [0.1, 0.15) is 0 Å².